The van der Waals surface area contributed by atoms with Crippen LogP contribution in [-0.4, -0.2) is 5.91 Å². The molecule has 2 saturated carbocycles. The quantitative estimate of drug-likeness (QED) is 0.766. The molecule has 0 bridgehead atoms. The summed E-state index contributed by atoms with van der Waals surface area (Å²) in [6.07, 6.45) is 5.02. The lowest BCUT2D eigenvalue weighted by molar-refractivity contribution is -0.117. The van der Waals surface area contributed by atoms with E-state index in [4.69, 9.17) is 11.6 Å². The molecule has 0 aromatic heterocycles. The third kappa shape index (κ3) is 2.39. The molecule has 1 aromatic carbocycles. The second kappa shape index (κ2) is 5.00. The van der Waals surface area contributed by atoms with E-state index in [2.05, 4.69) is 27.9 Å². The predicted molar refractivity (Wildman–Crippen MR) is 81.7 cm³/mol. The van der Waals surface area contributed by atoms with Crippen molar-refractivity contribution in [2.75, 3.05) is 5.32 Å². The maximum Gasteiger partial charge on any atom is 0.228 e. The number of hydrogen-bond acceptors (Lipinski definition) is 1. The smallest absolute Gasteiger partial charge is 0.228 e. The van der Waals surface area contributed by atoms with Crippen LogP contribution in [0.2, 0.25) is 5.02 Å². The Morgan fingerprint density at radius 3 is 2.56 bits per heavy atom. The molecule has 1 amide bonds. The van der Waals surface area contributed by atoms with E-state index in [0.717, 1.165) is 9.26 Å². The summed E-state index contributed by atoms with van der Waals surface area (Å²) in [6.45, 7) is 0. The van der Waals surface area contributed by atoms with Crippen LogP contribution in [-0.2, 0) is 4.79 Å². The average Bonchev–Trinajstić information content (AvgIpc) is 3.07. The van der Waals surface area contributed by atoms with Crippen LogP contribution in [0.3, 0.4) is 0 Å². The molecule has 2 aliphatic carbocycles. The summed E-state index contributed by atoms with van der Waals surface area (Å²) in [5, 5.41) is 3.61. The molecule has 1 N–H and O–H groups in total. The van der Waals surface area contributed by atoms with E-state index in [1.165, 1.54) is 25.7 Å². The molecule has 18 heavy (non-hydrogen) atoms. The van der Waals surface area contributed by atoms with Crippen molar-refractivity contribution in [3.63, 3.8) is 0 Å². The van der Waals surface area contributed by atoms with Crippen molar-refractivity contribution in [3.05, 3.63) is 26.8 Å². The van der Waals surface area contributed by atoms with Crippen LogP contribution >= 0.6 is 34.2 Å². The lowest BCUT2D eigenvalue weighted by Gasteiger charge is -2.07. The van der Waals surface area contributed by atoms with Crippen molar-refractivity contribution in [2.24, 2.45) is 17.8 Å². The standard InChI is InChI=1S/C14H15ClINO/c15-11-7-8(16)5-6-12(11)17-14(18)13-9-3-1-2-4-10(9)13/h5-7,9-10,13H,1-4H2,(H,17,18). The fourth-order valence-corrected chi connectivity index (χ4v) is 4.09. The zero-order valence-corrected chi connectivity index (χ0v) is 12.9. The van der Waals surface area contributed by atoms with Crippen molar-refractivity contribution >= 4 is 45.8 Å². The van der Waals surface area contributed by atoms with Gasteiger partial charge in [0.2, 0.25) is 5.91 Å². The summed E-state index contributed by atoms with van der Waals surface area (Å²) in [6, 6.07) is 5.72. The lowest BCUT2D eigenvalue weighted by Crippen LogP contribution is -2.15. The van der Waals surface area contributed by atoms with Gasteiger partial charge in [-0.05, 0) is 65.5 Å². The predicted octanol–water partition coefficient (Wildman–Crippen LogP) is 4.32. The van der Waals surface area contributed by atoms with E-state index in [9.17, 15) is 4.79 Å². The summed E-state index contributed by atoms with van der Waals surface area (Å²) in [4.78, 5) is 12.2. The number of amides is 1. The molecular weight excluding hydrogens is 361 g/mol. The van der Waals surface area contributed by atoms with Gasteiger partial charge < -0.3 is 5.32 Å². The van der Waals surface area contributed by atoms with Crippen LogP contribution in [0, 0.1) is 21.3 Å². The van der Waals surface area contributed by atoms with Crippen LogP contribution in [0.25, 0.3) is 0 Å². The molecule has 2 fully saturated rings. The Balaban J connectivity index is 1.68. The number of halogens is 2. The molecule has 3 rings (SSSR count). The first kappa shape index (κ1) is 12.7. The highest BCUT2D eigenvalue weighted by atomic mass is 127. The van der Waals surface area contributed by atoms with Gasteiger partial charge in [0.1, 0.15) is 0 Å². The van der Waals surface area contributed by atoms with Crippen molar-refractivity contribution in [1.82, 2.24) is 0 Å². The van der Waals surface area contributed by atoms with E-state index in [1.807, 2.05) is 18.2 Å². The fourth-order valence-electron chi connectivity index (χ4n) is 3.19. The number of hydrogen-bond donors (Lipinski definition) is 1. The van der Waals surface area contributed by atoms with Gasteiger partial charge >= 0.3 is 0 Å². The molecule has 2 aliphatic rings. The summed E-state index contributed by atoms with van der Waals surface area (Å²) >= 11 is 8.34. The first-order valence-electron chi connectivity index (χ1n) is 6.43. The van der Waals surface area contributed by atoms with E-state index >= 15 is 0 Å². The first-order valence-corrected chi connectivity index (χ1v) is 7.88. The second-order valence-electron chi connectivity index (χ2n) is 5.25. The van der Waals surface area contributed by atoms with Crippen molar-refractivity contribution in [3.8, 4) is 0 Å². The monoisotopic (exact) mass is 375 g/mol. The Hall–Kier alpha value is -0.290. The SMILES string of the molecule is O=C(Nc1ccc(I)cc1Cl)C1C2CCCCC21. The van der Waals surface area contributed by atoms with Crippen molar-refractivity contribution < 1.29 is 4.79 Å². The number of anilines is 1. The third-order valence-electron chi connectivity index (χ3n) is 4.15. The van der Waals surface area contributed by atoms with Gasteiger partial charge in [-0.2, -0.15) is 0 Å². The molecular formula is C14H15ClINO. The highest BCUT2D eigenvalue weighted by molar-refractivity contribution is 14.1. The molecule has 96 valence electrons. The minimum atomic E-state index is 0.162. The highest BCUT2D eigenvalue weighted by Gasteiger charge is 2.54. The molecule has 0 heterocycles. The Labute approximate surface area is 126 Å². The summed E-state index contributed by atoms with van der Waals surface area (Å²) in [7, 11) is 0. The number of rotatable bonds is 2. The summed E-state index contributed by atoms with van der Waals surface area (Å²) in [5.41, 5.74) is 0.741. The maximum absolute atomic E-state index is 12.2. The molecule has 0 saturated heterocycles. The third-order valence-corrected chi connectivity index (χ3v) is 5.13. The first-order chi connectivity index (χ1) is 8.66. The van der Waals surface area contributed by atoms with Gasteiger partial charge in [-0.25, -0.2) is 0 Å². The fraction of sp³-hybridized carbons (Fsp3) is 0.500. The van der Waals surface area contributed by atoms with Crippen molar-refractivity contribution in [2.45, 2.75) is 25.7 Å². The lowest BCUT2D eigenvalue weighted by atomic mass is 10.0. The molecule has 0 aliphatic heterocycles. The van der Waals surface area contributed by atoms with Gasteiger partial charge in [-0.15, -0.1) is 0 Å². The van der Waals surface area contributed by atoms with Crippen LogP contribution in [0.1, 0.15) is 25.7 Å². The van der Waals surface area contributed by atoms with Gasteiger partial charge in [0.05, 0.1) is 10.7 Å². The van der Waals surface area contributed by atoms with Crippen LogP contribution in [0.4, 0.5) is 5.69 Å². The Kier molecular flexibility index (Phi) is 3.54. The molecule has 2 atom stereocenters. The van der Waals surface area contributed by atoms with E-state index in [1.54, 1.807) is 0 Å². The zero-order chi connectivity index (χ0) is 12.7. The molecule has 2 nitrogen and oxygen atoms in total. The molecule has 2 unspecified atom stereocenters. The Bertz CT molecular complexity index is 479. The minimum Gasteiger partial charge on any atom is -0.325 e. The topological polar surface area (TPSA) is 29.1 Å². The van der Waals surface area contributed by atoms with Gasteiger partial charge in [-0.3, -0.25) is 4.79 Å². The van der Waals surface area contributed by atoms with Gasteiger partial charge in [0.15, 0.2) is 0 Å². The van der Waals surface area contributed by atoms with Gasteiger partial charge in [-0.1, -0.05) is 24.4 Å². The molecule has 4 heteroatoms. The van der Waals surface area contributed by atoms with Gasteiger partial charge in [0, 0.05) is 9.49 Å². The molecule has 0 spiro atoms. The number of fused-ring (bicyclic) bond motifs is 1. The number of benzene rings is 1. The largest absolute Gasteiger partial charge is 0.325 e. The second-order valence-corrected chi connectivity index (χ2v) is 6.90. The van der Waals surface area contributed by atoms with Crippen LogP contribution < -0.4 is 5.32 Å². The number of nitrogens with one attached hydrogen (secondary N) is 1. The molecule has 1 aromatic rings. The number of carbonyl (C=O) groups excluding carboxylic acids is 1. The van der Waals surface area contributed by atoms with Crippen LogP contribution in [0.15, 0.2) is 18.2 Å². The summed E-state index contributed by atoms with van der Waals surface area (Å²) < 4.78 is 1.08. The van der Waals surface area contributed by atoms with Crippen molar-refractivity contribution in [1.29, 1.82) is 0 Å². The molecule has 0 radical (unpaired) electrons. The van der Waals surface area contributed by atoms with Crippen LogP contribution in [0.5, 0.6) is 0 Å². The zero-order valence-electron chi connectivity index (χ0n) is 9.96. The normalized spacial score (nSPS) is 29.6. The Morgan fingerprint density at radius 1 is 1.28 bits per heavy atom. The summed E-state index contributed by atoms with van der Waals surface area (Å²) in [5.74, 6) is 1.68. The highest BCUT2D eigenvalue weighted by Crippen LogP contribution is 2.55. The Morgan fingerprint density at radius 2 is 1.94 bits per heavy atom. The van der Waals surface area contributed by atoms with E-state index in [-0.39, 0.29) is 11.8 Å². The average molecular weight is 376 g/mol. The van der Waals surface area contributed by atoms with Gasteiger partial charge in [0.25, 0.3) is 0 Å². The van der Waals surface area contributed by atoms with E-state index < -0.39 is 0 Å². The van der Waals surface area contributed by atoms with E-state index in [0.29, 0.717) is 16.9 Å². The minimum absolute atomic E-state index is 0.162. The maximum atomic E-state index is 12.2. The number of carbonyl (C=O) groups is 1.